The summed E-state index contributed by atoms with van der Waals surface area (Å²) in [5.74, 6) is -0.0640. The van der Waals surface area contributed by atoms with Gasteiger partial charge in [-0.05, 0) is 24.3 Å². The molecule has 4 aromatic rings. The van der Waals surface area contributed by atoms with Crippen molar-refractivity contribution in [3.05, 3.63) is 96.1 Å². The Labute approximate surface area is 201 Å². The van der Waals surface area contributed by atoms with Gasteiger partial charge in [0.1, 0.15) is 0 Å². The number of rotatable bonds is 6. The van der Waals surface area contributed by atoms with Crippen LogP contribution in [0, 0.1) is 0 Å². The van der Waals surface area contributed by atoms with E-state index in [2.05, 4.69) is 38.2 Å². The van der Waals surface area contributed by atoms with Crippen molar-refractivity contribution in [1.29, 1.82) is 0 Å². The van der Waals surface area contributed by atoms with Crippen molar-refractivity contribution in [2.75, 3.05) is 6.26 Å². The average Bonchev–Trinajstić information content (AvgIpc) is 2.87. The molecule has 3 aromatic carbocycles. The van der Waals surface area contributed by atoms with Crippen LogP contribution in [0.5, 0.6) is 0 Å². The standard InChI is InChI=1S/C26H24N2OS.C3H8/c1-3-21(18-12-6-4-7-13-18)28-26(29)23-20-16-10-11-17-22(20)27-24(25(23)30-2)19-14-8-5-9-15-19;1-3-2/h4-17,21H,3H2,1-2H3,(H,28,29);3H2,1-2H3. The van der Waals surface area contributed by atoms with Crippen molar-refractivity contribution in [1.82, 2.24) is 10.3 Å². The SMILES string of the molecule is CCC.CCC(NC(=O)c1c(SC)c(-c2ccccc2)nc2ccccc12)c1ccccc1. The molecule has 0 aliphatic carbocycles. The molecule has 170 valence electrons. The first-order chi connectivity index (χ1) is 16.1. The lowest BCUT2D eigenvalue weighted by molar-refractivity contribution is 0.0934. The van der Waals surface area contributed by atoms with E-state index in [9.17, 15) is 4.79 Å². The topological polar surface area (TPSA) is 42.0 Å². The average molecular weight is 457 g/mol. The van der Waals surface area contributed by atoms with E-state index in [0.717, 1.165) is 39.0 Å². The number of hydrogen-bond donors (Lipinski definition) is 1. The molecule has 1 amide bonds. The third-order valence-electron chi connectivity index (χ3n) is 5.24. The van der Waals surface area contributed by atoms with Gasteiger partial charge in [-0.25, -0.2) is 4.98 Å². The maximum atomic E-state index is 13.6. The molecule has 33 heavy (non-hydrogen) atoms. The predicted octanol–water partition coefficient (Wildman–Crippen LogP) is 7.92. The van der Waals surface area contributed by atoms with Crippen LogP contribution in [-0.2, 0) is 0 Å². The largest absolute Gasteiger partial charge is 0.345 e. The third kappa shape index (κ3) is 5.82. The van der Waals surface area contributed by atoms with Crippen molar-refractivity contribution >= 4 is 28.6 Å². The molecule has 1 aromatic heterocycles. The first kappa shape index (κ1) is 24.5. The van der Waals surface area contributed by atoms with Gasteiger partial charge < -0.3 is 5.32 Å². The quantitative estimate of drug-likeness (QED) is 0.300. The zero-order valence-corrected chi connectivity index (χ0v) is 20.7. The Kier molecular flexibility index (Phi) is 9.08. The summed E-state index contributed by atoms with van der Waals surface area (Å²) in [5, 5.41) is 4.14. The van der Waals surface area contributed by atoms with Crippen LogP contribution in [0.1, 0.15) is 55.6 Å². The molecule has 0 saturated heterocycles. The monoisotopic (exact) mass is 456 g/mol. The Morgan fingerprint density at radius 2 is 1.45 bits per heavy atom. The van der Waals surface area contributed by atoms with Gasteiger partial charge in [0.05, 0.1) is 22.8 Å². The summed E-state index contributed by atoms with van der Waals surface area (Å²) in [6.07, 6.45) is 4.07. The minimum Gasteiger partial charge on any atom is -0.345 e. The number of pyridine rings is 1. The number of carbonyl (C=O) groups is 1. The molecule has 0 spiro atoms. The second-order valence-electron chi connectivity index (χ2n) is 7.80. The predicted molar refractivity (Wildman–Crippen MR) is 142 cm³/mol. The number of thioether (sulfide) groups is 1. The summed E-state index contributed by atoms with van der Waals surface area (Å²) < 4.78 is 0. The van der Waals surface area contributed by atoms with Crippen molar-refractivity contribution in [3.8, 4) is 11.3 Å². The van der Waals surface area contributed by atoms with Gasteiger partial charge in [0, 0.05) is 15.8 Å². The molecule has 1 atom stereocenters. The lowest BCUT2D eigenvalue weighted by atomic mass is 10.0. The van der Waals surface area contributed by atoms with Crippen LogP contribution in [0.4, 0.5) is 0 Å². The zero-order chi connectivity index (χ0) is 23.6. The van der Waals surface area contributed by atoms with Crippen LogP contribution >= 0.6 is 11.8 Å². The van der Waals surface area contributed by atoms with E-state index in [4.69, 9.17) is 4.98 Å². The van der Waals surface area contributed by atoms with Crippen LogP contribution in [0.25, 0.3) is 22.2 Å². The molecular formula is C29H32N2OS. The fourth-order valence-electron chi connectivity index (χ4n) is 3.75. The molecule has 1 heterocycles. The number of carbonyl (C=O) groups excluding carboxylic acids is 1. The maximum absolute atomic E-state index is 13.6. The van der Waals surface area contributed by atoms with Crippen molar-refractivity contribution in [2.45, 2.75) is 44.6 Å². The lowest BCUT2D eigenvalue weighted by Gasteiger charge is -2.20. The fraction of sp³-hybridized carbons (Fsp3) is 0.241. The summed E-state index contributed by atoms with van der Waals surface area (Å²) in [6.45, 7) is 6.34. The number of aromatic nitrogens is 1. The molecule has 0 saturated carbocycles. The summed E-state index contributed by atoms with van der Waals surface area (Å²) >= 11 is 1.57. The molecule has 4 rings (SSSR count). The van der Waals surface area contributed by atoms with E-state index in [0.29, 0.717) is 5.56 Å². The van der Waals surface area contributed by atoms with Gasteiger partial charge in [-0.2, -0.15) is 0 Å². The second-order valence-corrected chi connectivity index (χ2v) is 8.62. The second kappa shape index (κ2) is 12.2. The van der Waals surface area contributed by atoms with E-state index in [-0.39, 0.29) is 11.9 Å². The molecule has 0 aliphatic heterocycles. The van der Waals surface area contributed by atoms with Gasteiger partial charge in [0.2, 0.25) is 0 Å². The zero-order valence-electron chi connectivity index (χ0n) is 19.8. The number of amides is 1. The Morgan fingerprint density at radius 1 is 0.879 bits per heavy atom. The highest BCUT2D eigenvalue weighted by molar-refractivity contribution is 7.98. The molecular weight excluding hydrogens is 424 g/mol. The van der Waals surface area contributed by atoms with Gasteiger partial charge in [0.25, 0.3) is 5.91 Å². The molecule has 0 bridgehead atoms. The Morgan fingerprint density at radius 3 is 2.06 bits per heavy atom. The maximum Gasteiger partial charge on any atom is 0.253 e. The van der Waals surface area contributed by atoms with E-state index in [1.165, 1.54) is 6.42 Å². The number of nitrogens with zero attached hydrogens (tertiary/aromatic N) is 1. The van der Waals surface area contributed by atoms with Crippen LogP contribution in [0.3, 0.4) is 0 Å². The molecule has 1 unspecified atom stereocenters. The minimum absolute atomic E-state index is 0.0412. The Hall–Kier alpha value is -3.11. The molecule has 4 heteroatoms. The Bertz CT molecular complexity index is 1180. The number of fused-ring (bicyclic) bond motifs is 1. The number of hydrogen-bond acceptors (Lipinski definition) is 3. The van der Waals surface area contributed by atoms with Crippen LogP contribution in [-0.4, -0.2) is 17.1 Å². The van der Waals surface area contributed by atoms with E-state index < -0.39 is 0 Å². The van der Waals surface area contributed by atoms with Gasteiger partial charge in [-0.3, -0.25) is 4.79 Å². The normalized spacial score (nSPS) is 11.4. The molecule has 0 radical (unpaired) electrons. The Balaban J connectivity index is 0.000000968. The third-order valence-corrected chi connectivity index (χ3v) is 6.05. The van der Waals surface area contributed by atoms with Gasteiger partial charge in [-0.1, -0.05) is 106 Å². The van der Waals surface area contributed by atoms with Gasteiger partial charge in [0.15, 0.2) is 0 Å². The highest BCUT2D eigenvalue weighted by Crippen LogP contribution is 2.36. The summed E-state index contributed by atoms with van der Waals surface area (Å²) in [5.41, 5.74) is 4.49. The fourth-order valence-corrected chi connectivity index (χ4v) is 4.51. The minimum atomic E-state index is -0.0640. The van der Waals surface area contributed by atoms with Gasteiger partial charge >= 0.3 is 0 Å². The van der Waals surface area contributed by atoms with Crippen LogP contribution < -0.4 is 5.32 Å². The van der Waals surface area contributed by atoms with Crippen LogP contribution in [0.2, 0.25) is 0 Å². The first-order valence-electron chi connectivity index (χ1n) is 11.5. The molecule has 3 nitrogen and oxygen atoms in total. The highest BCUT2D eigenvalue weighted by Gasteiger charge is 2.23. The molecule has 0 fully saturated rings. The van der Waals surface area contributed by atoms with Crippen molar-refractivity contribution in [3.63, 3.8) is 0 Å². The van der Waals surface area contributed by atoms with E-state index in [1.807, 2.05) is 79.1 Å². The number of nitrogens with one attached hydrogen (secondary N) is 1. The first-order valence-corrected chi connectivity index (χ1v) is 12.7. The van der Waals surface area contributed by atoms with Crippen LogP contribution in [0.15, 0.2) is 89.8 Å². The lowest BCUT2D eigenvalue weighted by Crippen LogP contribution is -2.29. The van der Waals surface area contributed by atoms with Crippen molar-refractivity contribution in [2.24, 2.45) is 0 Å². The van der Waals surface area contributed by atoms with Crippen molar-refractivity contribution < 1.29 is 4.79 Å². The summed E-state index contributed by atoms with van der Waals surface area (Å²) in [4.78, 5) is 19.4. The summed E-state index contributed by atoms with van der Waals surface area (Å²) in [6, 6.07) is 28.0. The number of benzene rings is 3. The van der Waals surface area contributed by atoms with E-state index >= 15 is 0 Å². The number of para-hydroxylation sites is 1. The molecule has 0 aliphatic rings. The smallest absolute Gasteiger partial charge is 0.253 e. The summed E-state index contributed by atoms with van der Waals surface area (Å²) in [7, 11) is 0. The molecule has 1 N–H and O–H groups in total. The van der Waals surface area contributed by atoms with E-state index in [1.54, 1.807) is 11.8 Å². The van der Waals surface area contributed by atoms with Gasteiger partial charge in [-0.15, -0.1) is 11.8 Å². The highest BCUT2D eigenvalue weighted by atomic mass is 32.2.